The van der Waals surface area contributed by atoms with E-state index in [9.17, 15) is 0 Å². The number of benzene rings is 1. The average Bonchev–Trinajstić information content (AvgIpc) is 2.32. The highest BCUT2D eigenvalue weighted by atomic mass is 16.5. The Morgan fingerprint density at radius 1 is 1.24 bits per heavy atom. The average molecular weight is 236 g/mol. The highest BCUT2D eigenvalue weighted by Crippen LogP contribution is 2.13. The summed E-state index contributed by atoms with van der Waals surface area (Å²) in [5, 5.41) is 3.17. The summed E-state index contributed by atoms with van der Waals surface area (Å²) in [5.41, 5.74) is 1.33. The summed E-state index contributed by atoms with van der Waals surface area (Å²) in [4.78, 5) is 2.34. The molecule has 0 heterocycles. The van der Waals surface area contributed by atoms with Crippen LogP contribution in [-0.2, 0) is 6.54 Å². The van der Waals surface area contributed by atoms with Crippen molar-refractivity contribution in [3.63, 3.8) is 0 Å². The summed E-state index contributed by atoms with van der Waals surface area (Å²) < 4.78 is 5.42. The molecule has 17 heavy (non-hydrogen) atoms. The molecule has 0 aliphatic heterocycles. The molecule has 0 unspecified atom stereocenters. The predicted molar refractivity (Wildman–Crippen MR) is 72.5 cm³/mol. The molecule has 0 spiro atoms. The Morgan fingerprint density at radius 3 is 2.53 bits per heavy atom. The zero-order chi connectivity index (χ0) is 12.5. The van der Waals surface area contributed by atoms with Crippen molar-refractivity contribution in [1.29, 1.82) is 0 Å². The molecule has 1 aromatic carbocycles. The third kappa shape index (κ3) is 5.71. The minimum atomic E-state index is 0.725. The second kappa shape index (κ2) is 8.09. The lowest BCUT2D eigenvalue weighted by Crippen LogP contribution is -2.22. The van der Waals surface area contributed by atoms with Crippen LogP contribution in [0.25, 0.3) is 0 Å². The van der Waals surface area contributed by atoms with Crippen LogP contribution in [-0.4, -0.2) is 38.7 Å². The van der Waals surface area contributed by atoms with Gasteiger partial charge < -0.3 is 15.0 Å². The maximum absolute atomic E-state index is 5.42. The molecule has 0 radical (unpaired) electrons. The summed E-state index contributed by atoms with van der Waals surface area (Å²) in [6.45, 7) is 5.92. The van der Waals surface area contributed by atoms with Gasteiger partial charge >= 0.3 is 0 Å². The van der Waals surface area contributed by atoms with E-state index in [2.05, 4.69) is 29.4 Å². The van der Waals surface area contributed by atoms with Gasteiger partial charge in [-0.05, 0) is 58.2 Å². The molecule has 0 saturated heterocycles. The molecule has 1 N–H and O–H groups in total. The molecule has 0 saturated carbocycles. The van der Waals surface area contributed by atoms with Gasteiger partial charge in [-0.1, -0.05) is 12.1 Å². The van der Waals surface area contributed by atoms with Crippen molar-refractivity contribution in [2.24, 2.45) is 0 Å². The second-order valence-corrected chi connectivity index (χ2v) is 4.27. The van der Waals surface area contributed by atoms with E-state index in [0.717, 1.165) is 32.0 Å². The molecule has 96 valence electrons. The van der Waals surface area contributed by atoms with Crippen molar-refractivity contribution < 1.29 is 4.74 Å². The van der Waals surface area contributed by atoms with Crippen molar-refractivity contribution in [1.82, 2.24) is 10.2 Å². The molecule has 0 bridgehead atoms. The van der Waals surface area contributed by atoms with Gasteiger partial charge in [-0.3, -0.25) is 0 Å². The number of ether oxygens (including phenoxy) is 1. The van der Waals surface area contributed by atoms with E-state index in [0.29, 0.717) is 0 Å². The zero-order valence-corrected chi connectivity index (χ0v) is 11.2. The fourth-order valence-corrected chi connectivity index (χ4v) is 1.77. The minimum absolute atomic E-state index is 0.725. The van der Waals surface area contributed by atoms with Crippen LogP contribution in [0, 0.1) is 0 Å². The number of rotatable bonds is 8. The van der Waals surface area contributed by atoms with E-state index in [-0.39, 0.29) is 0 Å². The lowest BCUT2D eigenvalue weighted by molar-refractivity contribution is 0.320. The molecular weight excluding hydrogens is 212 g/mol. The van der Waals surface area contributed by atoms with E-state index in [1.807, 2.05) is 26.1 Å². The lowest BCUT2D eigenvalue weighted by atomic mass is 10.2. The number of nitrogens with zero attached hydrogens (tertiary/aromatic N) is 1. The topological polar surface area (TPSA) is 24.5 Å². The summed E-state index contributed by atoms with van der Waals surface area (Å²) >= 11 is 0. The van der Waals surface area contributed by atoms with Crippen LogP contribution in [0.3, 0.4) is 0 Å². The summed E-state index contributed by atoms with van der Waals surface area (Å²) in [7, 11) is 4.15. The maximum Gasteiger partial charge on any atom is 0.119 e. The molecule has 1 rings (SSSR count). The molecule has 0 aliphatic carbocycles. The third-order valence-electron chi connectivity index (χ3n) is 2.65. The van der Waals surface area contributed by atoms with E-state index in [1.54, 1.807) is 0 Å². The fraction of sp³-hybridized carbons (Fsp3) is 0.571. The molecule has 3 nitrogen and oxygen atoms in total. The first-order valence-corrected chi connectivity index (χ1v) is 6.31. The van der Waals surface area contributed by atoms with Crippen LogP contribution in [0.1, 0.15) is 18.9 Å². The Balaban J connectivity index is 2.34. The number of hydrogen-bond acceptors (Lipinski definition) is 3. The summed E-state index contributed by atoms with van der Waals surface area (Å²) in [5.74, 6) is 0.953. The van der Waals surface area contributed by atoms with E-state index in [4.69, 9.17) is 4.74 Å². The fourth-order valence-electron chi connectivity index (χ4n) is 1.77. The third-order valence-corrected chi connectivity index (χ3v) is 2.65. The van der Waals surface area contributed by atoms with Crippen molar-refractivity contribution in [2.75, 3.05) is 33.8 Å². The van der Waals surface area contributed by atoms with E-state index >= 15 is 0 Å². The monoisotopic (exact) mass is 236 g/mol. The van der Waals surface area contributed by atoms with Crippen LogP contribution in [0.2, 0.25) is 0 Å². The number of nitrogens with one attached hydrogen (secondary N) is 1. The summed E-state index contributed by atoms with van der Waals surface area (Å²) in [6, 6.07) is 8.36. The van der Waals surface area contributed by atoms with E-state index < -0.39 is 0 Å². The van der Waals surface area contributed by atoms with Gasteiger partial charge in [-0.2, -0.15) is 0 Å². The quantitative estimate of drug-likeness (QED) is 0.700. The van der Waals surface area contributed by atoms with Gasteiger partial charge in [0.2, 0.25) is 0 Å². The molecule has 1 aromatic rings. The lowest BCUT2D eigenvalue weighted by Gasteiger charge is -2.16. The van der Waals surface area contributed by atoms with Crippen molar-refractivity contribution in [2.45, 2.75) is 19.9 Å². The maximum atomic E-state index is 5.42. The van der Waals surface area contributed by atoms with Gasteiger partial charge in [-0.25, -0.2) is 0 Å². The highest BCUT2D eigenvalue weighted by Gasteiger charge is 2.00. The highest BCUT2D eigenvalue weighted by molar-refractivity contribution is 5.27. The summed E-state index contributed by atoms with van der Waals surface area (Å²) in [6.07, 6.45) is 1.18. The Labute approximate surface area is 105 Å². The molecule has 0 amide bonds. The molecule has 0 fully saturated rings. The van der Waals surface area contributed by atoms with Gasteiger partial charge in [0.1, 0.15) is 5.75 Å². The van der Waals surface area contributed by atoms with Crippen molar-refractivity contribution in [3.05, 3.63) is 29.8 Å². The van der Waals surface area contributed by atoms with Gasteiger partial charge in [0.15, 0.2) is 0 Å². The first-order chi connectivity index (χ1) is 8.26. The van der Waals surface area contributed by atoms with E-state index in [1.165, 1.54) is 12.0 Å². The predicted octanol–water partition coefficient (Wildman–Crippen LogP) is 2.13. The SMILES string of the molecule is CCOc1ccc(CN(C)CCCNC)cc1. The minimum Gasteiger partial charge on any atom is -0.494 e. The molecule has 0 aromatic heterocycles. The largest absolute Gasteiger partial charge is 0.494 e. The second-order valence-electron chi connectivity index (χ2n) is 4.27. The van der Waals surface area contributed by atoms with Crippen LogP contribution < -0.4 is 10.1 Å². The zero-order valence-electron chi connectivity index (χ0n) is 11.2. The number of hydrogen-bond donors (Lipinski definition) is 1. The molecule has 3 heteroatoms. The Bertz CT molecular complexity index is 298. The molecular formula is C14H24N2O. The van der Waals surface area contributed by atoms with Gasteiger partial charge in [0.25, 0.3) is 0 Å². The first kappa shape index (κ1) is 14.0. The van der Waals surface area contributed by atoms with Gasteiger partial charge in [0.05, 0.1) is 6.61 Å². The van der Waals surface area contributed by atoms with Crippen LogP contribution in [0.15, 0.2) is 24.3 Å². The van der Waals surface area contributed by atoms with Crippen LogP contribution in [0.4, 0.5) is 0 Å². The normalized spacial score (nSPS) is 10.8. The van der Waals surface area contributed by atoms with Crippen LogP contribution in [0.5, 0.6) is 5.75 Å². The molecule has 0 atom stereocenters. The Hall–Kier alpha value is -1.06. The Kier molecular flexibility index (Phi) is 6.67. The first-order valence-electron chi connectivity index (χ1n) is 6.31. The van der Waals surface area contributed by atoms with Crippen LogP contribution >= 0.6 is 0 Å². The van der Waals surface area contributed by atoms with Gasteiger partial charge in [-0.15, -0.1) is 0 Å². The standard InChI is InChI=1S/C14H24N2O/c1-4-17-14-8-6-13(7-9-14)12-16(3)11-5-10-15-2/h6-9,15H,4-5,10-12H2,1-3H3. The Morgan fingerprint density at radius 2 is 1.94 bits per heavy atom. The van der Waals surface area contributed by atoms with Crippen molar-refractivity contribution in [3.8, 4) is 5.75 Å². The van der Waals surface area contributed by atoms with Crippen molar-refractivity contribution >= 4 is 0 Å². The molecule has 0 aliphatic rings. The van der Waals surface area contributed by atoms with Gasteiger partial charge in [0, 0.05) is 6.54 Å². The smallest absolute Gasteiger partial charge is 0.119 e.